The lowest BCUT2D eigenvalue weighted by Gasteiger charge is -2.25. The summed E-state index contributed by atoms with van der Waals surface area (Å²) in [5, 5.41) is 10.5. The second kappa shape index (κ2) is 9.26. The molecule has 0 fully saturated rings. The van der Waals surface area contributed by atoms with Crippen LogP contribution in [0, 0.1) is 0 Å². The van der Waals surface area contributed by atoms with Crippen LogP contribution in [0.4, 0.5) is 5.13 Å². The standard InChI is InChI=1S/C15H18N4O5S3/c1-19(27(3,22)23)12(10-7-5-4-6-8-10)13(21)16-14-17-18-15(26-14)25-9-11(20)24-2/h4-8,12H,9H2,1-3H3,(H,16,17,21)/t12-/m0/s1. The molecule has 1 N–H and O–H groups in total. The molecule has 0 unspecified atom stereocenters. The molecule has 0 aliphatic heterocycles. The molecule has 0 aliphatic rings. The van der Waals surface area contributed by atoms with Gasteiger partial charge in [0.1, 0.15) is 6.04 Å². The Kier molecular flexibility index (Phi) is 7.30. The Morgan fingerprint density at radius 3 is 2.56 bits per heavy atom. The van der Waals surface area contributed by atoms with E-state index in [-0.39, 0.29) is 10.9 Å². The number of anilines is 1. The molecule has 12 heteroatoms. The van der Waals surface area contributed by atoms with Gasteiger partial charge in [-0.2, -0.15) is 4.31 Å². The van der Waals surface area contributed by atoms with Crippen LogP contribution < -0.4 is 5.32 Å². The molecule has 27 heavy (non-hydrogen) atoms. The molecule has 0 bridgehead atoms. The summed E-state index contributed by atoms with van der Waals surface area (Å²) >= 11 is 2.21. The number of carbonyl (C=O) groups excluding carboxylic acids is 2. The van der Waals surface area contributed by atoms with E-state index in [1.807, 2.05) is 0 Å². The summed E-state index contributed by atoms with van der Waals surface area (Å²) in [4.78, 5) is 23.9. The zero-order chi connectivity index (χ0) is 20.0. The van der Waals surface area contributed by atoms with Gasteiger partial charge < -0.3 is 4.74 Å². The van der Waals surface area contributed by atoms with Gasteiger partial charge in [0.15, 0.2) is 4.34 Å². The van der Waals surface area contributed by atoms with Gasteiger partial charge in [0.25, 0.3) is 0 Å². The second-order valence-electron chi connectivity index (χ2n) is 5.32. The van der Waals surface area contributed by atoms with E-state index in [1.54, 1.807) is 30.3 Å². The molecule has 0 saturated heterocycles. The van der Waals surface area contributed by atoms with E-state index in [9.17, 15) is 18.0 Å². The molecule has 146 valence electrons. The van der Waals surface area contributed by atoms with Crippen LogP contribution in [0.1, 0.15) is 11.6 Å². The first-order valence-electron chi connectivity index (χ1n) is 7.54. The molecule has 0 saturated carbocycles. The van der Waals surface area contributed by atoms with Crippen molar-refractivity contribution in [1.82, 2.24) is 14.5 Å². The molecular weight excluding hydrogens is 412 g/mol. The van der Waals surface area contributed by atoms with E-state index in [1.165, 1.54) is 14.2 Å². The van der Waals surface area contributed by atoms with Crippen LogP contribution in [0.5, 0.6) is 0 Å². The number of rotatable bonds is 8. The van der Waals surface area contributed by atoms with Crippen LogP contribution in [0.3, 0.4) is 0 Å². The Bertz CT molecular complexity index is 901. The summed E-state index contributed by atoms with van der Waals surface area (Å²) < 4.78 is 29.9. The molecule has 0 aliphatic carbocycles. The number of benzene rings is 1. The van der Waals surface area contributed by atoms with Crippen molar-refractivity contribution in [3.8, 4) is 0 Å². The van der Waals surface area contributed by atoms with Crippen LogP contribution in [-0.2, 0) is 24.3 Å². The third-order valence-corrected chi connectivity index (χ3v) is 6.63. The highest BCUT2D eigenvalue weighted by Crippen LogP contribution is 2.28. The van der Waals surface area contributed by atoms with Crippen molar-refractivity contribution < 1.29 is 22.7 Å². The van der Waals surface area contributed by atoms with Crippen molar-refractivity contribution in [1.29, 1.82) is 0 Å². The summed E-state index contributed by atoms with van der Waals surface area (Å²) in [6.07, 6.45) is 1.03. The summed E-state index contributed by atoms with van der Waals surface area (Å²) in [5.74, 6) is -0.891. The van der Waals surface area contributed by atoms with Crippen molar-refractivity contribution in [2.24, 2.45) is 0 Å². The highest BCUT2D eigenvalue weighted by atomic mass is 32.2. The maximum atomic E-state index is 12.8. The van der Waals surface area contributed by atoms with E-state index in [2.05, 4.69) is 20.3 Å². The number of nitrogens with zero attached hydrogens (tertiary/aromatic N) is 3. The highest BCUT2D eigenvalue weighted by molar-refractivity contribution is 8.01. The number of aromatic nitrogens is 2. The number of carbonyl (C=O) groups is 2. The number of thioether (sulfide) groups is 1. The molecule has 2 rings (SSSR count). The predicted molar refractivity (Wildman–Crippen MR) is 103 cm³/mol. The normalized spacial score (nSPS) is 12.6. The van der Waals surface area contributed by atoms with E-state index >= 15 is 0 Å². The molecule has 1 aromatic carbocycles. The summed E-state index contributed by atoms with van der Waals surface area (Å²) in [5.41, 5.74) is 0.521. The average molecular weight is 431 g/mol. The molecule has 0 radical (unpaired) electrons. The molecule has 1 aromatic heterocycles. The largest absolute Gasteiger partial charge is 0.468 e. The molecule has 9 nitrogen and oxygen atoms in total. The molecule has 0 spiro atoms. The summed E-state index contributed by atoms with van der Waals surface area (Å²) in [6.45, 7) is 0. The molecule has 1 amide bonds. The number of hydrogen-bond acceptors (Lipinski definition) is 9. The second-order valence-corrected chi connectivity index (χ2v) is 9.56. The number of amides is 1. The minimum absolute atomic E-state index is 0.0720. The monoisotopic (exact) mass is 430 g/mol. The summed E-state index contributed by atoms with van der Waals surface area (Å²) in [7, 11) is -0.993. The topological polar surface area (TPSA) is 119 Å². The van der Waals surface area contributed by atoms with Gasteiger partial charge in [-0.15, -0.1) is 10.2 Å². The lowest BCUT2D eigenvalue weighted by atomic mass is 10.1. The fraction of sp³-hybridized carbons (Fsp3) is 0.333. The van der Waals surface area contributed by atoms with Crippen LogP contribution in [0.2, 0.25) is 0 Å². The zero-order valence-electron chi connectivity index (χ0n) is 14.8. The van der Waals surface area contributed by atoms with Crippen LogP contribution in [-0.4, -0.2) is 61.0 Å². The van der Waals surface area contributed by atoms with Gasteiger partial charge in [0, 0.05) is 7.05 Å². The molecule has 1 atom stereocenters. The minimum atomic E-state index is -3.62. The molecule has 1 heterocycles. The lowest BCUT2D eigenvalue weighted by Crippen LogP contribution is -2.38. The van der Waals surface area contributed by atoms with Crippen LogP contribution in [0.15, 0.2) is 34.7 Å². The average Bonchev–Trinajstić information content (AvgIpc) is 3.07. The fourth-order valence-electron chi connectivity index (χ4n) is 2.03. The number of likely N-dealkylation sites (N-methyl/N-ethyl adjacent to an activating group) is 1. The lowest BCUT2D eigenvalue weighted by molar-refractivity contribution is -0.137. The van der Waals surface area contributed by atoms with Crippen molar-refractivity contribution in [3.05, 3.63) is 35.9 Å². The van der Waals surface area contributed by atoms with Gasteiger partial charge in [0.05, 0.1) is 19.1 Å². The van der Waals surface area contributed by atoms with Gasteiger partial charge in [0.2, 0.25) is 21.1 Å². The number of hydrogen-bond donors (Lipinski definition) is 1. The number of nitrogens with one attached hydrogen (secondary N) is 1. The first-order chi connectivity index (χ1) is 12.7. The molecular formula is C15H18N4O5S3. The third kappa shape index (κ3) is 5.99. The quantitative estimate of drug-likeness (QED) is 0.379. The van der Waals surface area contributed by atoms with E-state index in [0.717, 1.165) is 33.7 Å². The highest BCUT2D eigenvalue weighted by Gasteiger charge is 2.31. The smallest absolute Gasteiger partial charge is 0.316 e. The van der Waals surface area contributed by atoms with Gasteiger partial charge in [-0.05, 0) is 5.56 Å². The first kappa shape index (κ1) is 21.3. The number of ether oxygens (including phenoxy) is 1. The third-order valence-electron chi connectivity index (χ3n) is 3.43. The van der Waals surface area contributed by atoms with E-state index < -0.39 is 27.9 Å². The Hall–Kier alpha value is -2.02. The SMILES string of the molecule is COC(=O)CSc1nnc(NC(=O)[C@H](c2ccccc2)N(C)S(C)(=O)=O)s1. The van der Waals surface area contributed by atoms with Gasteiger partial charge in [-0.25, -0.2) is 8.42 Å². The Morgan fingerprint density at radius 2 is 1.96 bits per heavy atom. The van der Waals surface area contributed by atoms with E-state index in [0.29, 0.717) is 9.90 Å². The van der Waals surface area contributed by atoms with Gasteiger partial charge >= 0.3 is 5.97 Å². The summed E-state index contributed by atoms with van der Waals surface area (Å²) in [6, 6.07) is 7.49. The first-order valence-corrected chi connectivity index (χ1v) is 11.2. The van der Waals surface area contributed by atoms with Crippen molar-refractivity contribution in [2.75, 3.05) is 31.5 Å². The van der Waals surface area contributed by atoms with Crippen molar-refractivity contribution in [2.45, 2.75) is 10.4 Å². The maximum Gasteiger partial charge on any atom is 0.316 e. The maximum absolute atomic E-state index is 12.8. The van der Waals surface area contributed by atoms with Crippen LogP contribution in [0.25, 0.3) is 0 Å². The van der Waals surface area contributed by atoms with Gasteiger partial charge in [-0.3, -0.25) is 14.9 Å². The van der Waals surface area contributed by atoms with E-state index in [4.69, 9.17) is 0 Å². The molecule has 2 aromatic rings. The fourth-order valence-corrected chi connectivity index (χ4v) is 4.21. The Morgan fingerprint density at radius 1 is 1.30 bits per heavy atom. The van der Waals surface area contributed by atoms with Crippen LogP contribution >= 0.6 is 23.1 Å². The minimum Gasteiger partial charge on any atom is -0.468 e. The number of esters is 1. The van der Waals surface area contributed by atoms with Crippen molar-refractivity contribution >= 4 is 50.1 Å². The Balaban J connectivity index is 2.17. The predicted octanol–water partition coefficient (Wildman–Crippen LogP) is 1.37. The Labute approximate surface area is 165 Å². The number of sulfonamides is 1. The van der Waals surface area contributed by atoms with Gasteiger partial charge in [-0.1, -0.05) is 53.4 Å². The number of methoxy groups -OCH3 is 1. The zero-order valence-corrected chi connectivity index (χ0v) is 17.2. The van der Waals surface area contributed by atoms with Crippen molar-refractivity contribution in [3.63, 3.8) is 0 Å².